The number of ether oxygens (including phenoxy) is 1. The first-order valence-electron chi connectivity index (χ1n) is 4.38. The topological polar surface area (TPSA) is 104 Å². The zero-order valence-electron chi connectivity index (χ0n) is 8.16. The molecule has 0 heterocycles. The van der Waals surface area contributed by atoms with Crippen molar-refractivity contribution < 1.29 is 29.6 Å². The number of hydrogen-bond acceptors (Lipinski definition) is 5. The van der Waals surface area contributed by atoms with Gasteiger partial charge in [-0.25, -0.2) is 9.59 Å². The van der Waals surface area contributed by atoms with Gasteiger partial charge in [-0.15, -0.1) is 0 Å². The Morgan fingerprint density at radius 1 is 1.25 bits per heavy atom. The van der Waals surface area contributed by atoms with Gasteiger partial charge in [-0.05, 0) is 12.1 Å². The van der Waals surface area contributed by atoms with Crippen molar-refractivity contribution in [3.63, 3.8) is 0 Å². The van der Waals surface area contributed by atoms with Crippen LogP contribution in [0, 0.1) is 0 Å². The molecule has 1 rings (SSSR count). The third-order valence-electron chi connectivity index (χ3n) is 1.78. The van der Waals surface area contributed by atoms with Crippen LogP contribution in [0.5, 0.6) is 0 Å². The molecular formula is C10H10O6. The van der Waals surface area contributed by atoms with Crippen LogP contribution in [0.3, 0.4) is 0 Å². The molecule has 1 aromatic carbocycles. The fourth-order valence-electron chi connectivity index (χ4n) is 1.07. The van der Waals surface area contributed by atoms with Crippen LogP contribution in [-0.4, -0.2) is 40.2 Å². The number of esters is 1. The van der Waals surface area contributed by atoms with Crippen molar-refractivity contribution in [1.82, 2.24) is 0 Å². The molecule has 0 aliphatic rings. The highest BCUT2D eigenvalue weighted by molar-refractivity contribution is 6.02. The molecule has 0 spiro atoms. The first-order chi connectivity index (χ1) is 7.56. The predicted molar refractivity (Wildman–Crippen MR) is 51.9 cm³/mol. The summed E-state index contributed by atoms with van der Waals surface area (Å²) in [6, 6.07) is 5.43. The standard InChI is InChI=1S/C10H10O6/c11-5-8(12)16-10(15)7-4-2-1-3-6(7)9(13)14/h1-4,8,11-12H,5H2,(H,13,14). The maximum Gasteiger partial charge on any atom is 0.341 e. The Kier molecular flexibility index (Phi) is 3.98. The van der Waals surface area contributed by atoms with Crippen LogP contribution in [0.2, 0.25) is 0 Å². The normalized spacial score (nSPS) is 11.9. The fraction of sp³-hybridized carbons (Fsp3) is 0.200. The van der Waals surface area contributed by atoms with Gasteiger partial charge in [0, 0.05) is 0 Å². The van der Waals surface area contributed by atoms with Crippen molar-refractivity contribution in [2.75, 3.05) is 6.61 Å². The lowest BCUT2D eigenvalue weighted by Crippen LogP contribution is -2.22. The average molecular weight is 226 g/mol. The molecule has 0 bridgehead atoms. The van der Waals surface area contributed by atoms with Crippen molar-refractivity contribution in [3.8, 4) is 0 Å². The fourth-order valence-corrected chi connectivity index (χ4v) is 1.07. The van der Waals surface area contributed by atoms with Gasteiger partial charge >= 0.3 is 11.9 Å². The van der Waals surface area contributed by atoms with E-state index in [1.54, 1.807) is 0 Å². The third kappa shape index (κ3) is 2.78. The Labute approximate surface area is 90.7 Å². The lowest BCUT2D eigenvalue weighted by molar-refractivity contribution is -0.0904. The van der Waals surface area contributed by atoms with Crippen molar-refractivity contribution in [2.24, 2.45) is 0 Å². The second-order valence-electron chi connectivity index (χ2n) is 2.89. The summed E-state index contributed by atoms with van der Waals surface area (Å²) in [6.45, 7) is -0.749. The number of aliphatic hydroxyl groups excluding tert-OH is 2. The molecule has 0 amide bonds. The van der Waals surface area contributed by atoms with Crippen molar-refractivity contribution >= 4 is 11.9 Å². The summed E-state index contributed by atoms with van der Waals surface area (Å²) in [4.78, 5) is 22.1. The highest BCUT2D eigenvalue weighted by atomic mass is 16.6. The molecule has 0 aliphatic heterocycles. The molecule has 16 heavy (non-hydrogen) atoms. The summed E-state index contributed by atoms with van der Waals surface area (Å²) in [6.07, 6.45) is -1.66. The average Bonchev–Trinajstić information content (AvgIpc) is 2.28. The Hall–Kier alpha value is -1.92. The maximum absolute atomic E-state index is 11.4. The second-order valence-corrected chi connectivity index (χ2v) is 2.89. The monoisotopic (exact) mass is 226 g/mol. The minimum Gasteiger partial charge on any atom is -0.478 e. The molecule has 1 atom stereocenters. The van der Waals surface area contributed by atoms with E-state index in [2.05, 4.69) is 4.74 Å². The van der Waals surface area contributed by atoms with E-state index in [-0.39, 0.29) is 11.1 Å². The first kappa shape index (κ1) is 12.2. The minimum atomic E-state index is -1.66. The number of carboxylic acid groups (broad SMARTS) is 1. The smallest absolute Gasteiger partial charge is 0.341 e. The molecule has 0 radical (unpaired) electrons. The molecule has 0 saturated heterocycles. The number of benzene rings is 1. The molecule has 6 nitrogen and oxygen atoms in total. The zero-order valence-corrected chi connectivity index (χ0v) is 8.16. The molecule has 6 heteroatoms. The SMILES string of the molecule is O=C(O)c1ccccc1C(=O)OC(O)CO. The van der Waals surface area contributed by atoms with Gasteiger partial charge in [0.1, 0.15) is 6.61 Å². The molecule has 1 unspecified atom stereocenters. The molecule has 3 N–H and O–H groups in total. The summed E-state index contributed by atoms with van der Waals surface area (Å²) >= 11 is 0. The summed E-state index contributed by atoms with van der Waals surface area (Å²) in [5.74, 6) is -2.27. The Bertz CT molecular complexity index is 400. The van der Waals surface area contributed by atoms with Gasteiger partial charge in [0.05, 0.1) is 11.1 Å². The van der Waals surface area contributed by atoms with E-state index in [1.165, 1.54) is 24.3 Å². The number of carbonyl (C=O) groups is 2. The van der Waals surface area contributed by atoms with Crippen LogP contribution in [0.1, 0.15) is 20.7 Å². The van der Waals surface area contributed by atoms with E-state index in [0.717, 1.165) is 0 Å². The third-order valence-corrected chi connectivity index (χ3v) is 1.78. The maximum atomic E-state index is 11.4. The van der Waals surface area contributed by atoms with E-state index in [0.29, 0.717) is 0 Å². The lowest BCUT2D eigenvalue weighted by atomic mass is 10.1. The van der Waals surface area contributed by atoms with Crippen LogP contribution in [0.15, 0.2) is 24.3 Å². The van der Waals surface area contributed by atoms with Crippen LogP contribution >= 0.6 is 0 Å². The molecule has 0 aliphatic carbocycles. The molecule has 0 fully saturated rings. The summed E-state index contributed by atoms with van der Waals surface area (Å²) in [5, 5.41) is 26.1. The Morgan fingerprint density at radius 2 is 1.81 bits per heavy atom. The number of carboxylic acids is 1. The van der Waals surface area contributed by atoms with Gasteiger partial charge in [-0.2, -0.15) is 0 Å². The van der Waals surface area contributed by atoms with Crippen LogP contribution in [0.25, 0.3) is 0 Å². The second kappa shape index (κ2) is 5.24. The van der Waals surface area contributed by atoms with Crippen LogP contribution < -0.4 is 0 Å². The van der Waals surface area contributed by atoms with E-state index >= 15 is 0 Å². The van der Waals surface area contributed by atoms with Gasteiger partial charge in [0.15, 0.2) is 0 Å². The predicted octanol–water partition coefficient (Wildman–Crippen LogP) is -0.148. The van der Waals surface area contributed by atoms with Gasteiger partial charge in [0.25, 0.3) is 0 Å². The Morgan fingerprint density at radius 3 is 2.31 bits per heavy atom. The molecule has 1 aromatic rings. The van der Waals surface area contributed by atoms with Gasteiger partial charge in [-0.3, -0.25) is 0 Å². The number of aromatic carboxylic acids is 1. The summed E-state index contributed by atoms with van der Waals surface area (Å²) < 4.78 is 4.38. The van der Waals surface area contributed by atoms with E-state index in [1.807, 2.05) is 0 Å². The van der Waals surface area contributed by atoms with Gasteiger partial charge in [-0.1, -0.05) is 12.1 Å². The highest BCUT2D eigenvalue weighted by Crippen LogP contribution is 2.10. The molecular weight excluding hydrogens is 216 g/mol. The summed E-state index contributed by atoms with van der Waals surface area (Å²) in [7, 11) is 0. The lowest BCUT2D eigenvalue weighted by Gasteiger charge is -2.10. The largest absolute Gasteiger partial charge is 0.478 e. The number of aliphatic hydroxyl groups is 2. The van der Waals surface area contributed by atoms with Crippen molar-refractivity contribution in [3.05, 3.63) is 35.4 Å². The first-order valence-corrected chi connectivity index (χ1v) is 4.38. The minimum absolute atomic E-state index is 0.178. The number of hydrogen-bond donors (Lipinski definition) is 3. The van der Waals surface area contributed by atoms with E-state index in [9.17, 15) is 9.59 Å². The van der Waals surface area contributed by atoms with Crippen molar-refractivity contribution in [1.29, 1.82) is 0 Å². The van der Waals surface area contributed by atoms with Crippen LogP contribution in [0.4, 0.5) is 0 Å². The summed E-state index contributed by atoms with van der Waals surface area (Å²) in [5.41, 5.74) is -0.403. The zero-order chi connectivity index (χ0) is 12.1. The molecule has 0 aromatic heterocycles. The Balaban J connectivity index is 2.95. The van der Waals surface area contributed by atoms with E-state index in [4.69, 9.17) is 15.3 Å². The van der Waals surface area contributed by atoms with Crippen molar-refractivity contribution in [2.45, 2.75) is 6.29 Å². The molecule has 0 saturated carbocycles. The van der Waals surface area contributed by atoms with Crippen LogP contribution in [-0.2, 0) is 4.74 Å². The number of rotatable bonds is 4. The van der Waals surface area contributed by atoms with Gasteiger partial charge in [0.2, 0.25) is 6.29 Å². The highest BCUT2D eigenvalue weighted by Gasteiger charge is 2.19. The molecule has 86 valence electrons. The quantitative estimate of drug-likeness (QED) is 0.487. The van der Waals surface area contributed by atoms with E-state index < -0.39 is 24.8 Å². The number of carbonyl (C=O) groups excluding carboxylic acids is 1. The van der Waals surface area contributed by atoms with Gasteiger partial charge < -0.3 is 20.1 Å².